The van der Waals surface area contributed by atoms with Crippen molar-refractivity contribution in [1.82, 2.24) is 0 Å². The first-order valence-electron chi connectivity index (χ1n) is 9.15. The van der Waals surface area contributed by atoms with Crippen LogP contribution in [0.5, 0.6) is 0 Å². The van der Waals surface area contributed by atoms with E-state index in [9.17, 15) is 14.7 Å². The van der Waals surface area contributed by atoms with Crippen LogP contribution in [0.4, 0.5) is 0 Å². The van der Waals surface area contributed by atoms with E-state index in [-0.39, 0.29) is 19.4 Å². The molecule has 7 nitrogen and oxygen atoms in total. The molecule has 0 fully saturated rings. The van der Waals surface area contributed by atoms with Gasteiger partial charge in [-0.2, -0.15) is 0 Å². The number of ether oxygens (including phenoxy) is 1. The van der Waals surface area contributed by atoms with Crippen LogP contribution in [0, 0.1) is 0 Å². The molecule has 25 heavy (non-hydrogen) atoms. The third-order valence-corrected chi connectivity index (χ3v) is 3.63. The topological polar surface area (TPSA) is 124 Å². The number of aliphatic hydroxyl groups excluding tert-OH is 1. The molecule has 0 aromatic rings. The molecule has 0 aliphatic carbocycles. The molecule has 0 aromatic carbocycles. The van der Waals surface area contributed by atoms with Crippen molar-refractivity contribution in [3.63, 3.8) is 0 Å². The zero-order valence-electron chi connectivity index (χ0n) is 15.7. The summed E-state index contributed by atoms with van der Waals surface area (Å²) in [6.07, 6.45) is 6.86. The van der Waals surface area contributed by atoms with E-state index in [4.69, 9.17) is 20.1 Å². The molecule has 0 aromatic heterocycles. The Labute approximate surface area is 151 Å². The maximum atomic E-state index is 10.3. The van der Waals surface area contributed by atoms with E-state index in [0.717, 1.165) is 38.5 Å². The Morgan fingerprint density at radius 2 is 1.32 bits per heavy atom. The fraction of sp³-hybridized carbons (Fsp3) is 0.889. The van der Waals surface area contributed by atoms with Crippen molar-refractivity contribution >= 4 is 11.9 Å². The van der Waals surface area contributed by atoms with Gasteiger partial charge in [-0.25, -0.2) is 0 Å². The van der Waals surface area contributed by atoms with E-state index in [0.29, 0.717) is 26.1 Å². The highest BCUT2D eigenvalue weighted by atomic mass is 16.5. The standard InChI is InChI=1S/C12H26O3.C6H10O4/c1-3-5-7-12(14,8-6-4-2)11-15-10-9-13;7-5(8)3-1-2-4-6(9)10/h13-14H,3-11H2,1-2H3;1-4H2,(H,7,8)(H,9,10). The molecule has 0 saturated heterocycles. The Balaban J connectivity index is 0. The Morgan fingerprint density at radius 3 is 1.64 bits per heavy atom. The van der Waals surface area contributed by atoms with Crippen LogP contribution < -0.4 is 0 Å². The van der Waals surface area contributed by atoms with E-state index < -0.39 is 17.5 Å². The maximum absolute atomic E-state index is 10.3. The fourth-order valence-corrected chi connectivity index (χ4v) is 2.16. The second-order valence-corrected chi connectivity index (χ2v) is 6.20. The zero-order valence-corrected chi connectivity index (χ0v) is 15.7. The molecule has 0 saturated carbocycles. The predicted octanol–water partition coefficient (Wildman–Crippen LogP) is 2.82. The number of carboxylic acids is 2. The van der Waals surface area contributed by atoms with Gasteiger partial charge in [-0.1, -0.05) is 39.5 Å². The van der Waals surface area contributed by atoms with Crippen molar-refractivity contribution in [3.8, 4) is 0 Å². The average Bonchev–Trinajstić information content (AvgIpc) is 2.56. The lowest BCUT2D eigenvalue weighted by Crippen LogP contribution is -2.35. The summed E-state index contributed by atoms with van der Waals surface area (Å²) >= 11 is 0. The van der Waals surface area contributed by atoms with E-state index in [1.54, 1.807) is 0 Å². The Kier molecular flexibility index (Phi) is 18.4. The van der Waals surface area contributed by atoms with Crippen LogP contribution in [0.15, 0.2) is 0 Å². The smallest absolute Gasteiger partial charge is 0.303 e. The summed E-state index contributed by atoms with van der Waals surface area (Å²) in [5.41, 5.74) is -0.679. The Morgan fingerprint density at radius 1 is 0.880 bits per heavy atom. The van der Waals surface area contributed by atoms with E-state index >= 15 is 0 Å². The molecular weight excluding hydrogens is 328 g/mol. The lowest BCUT2D eigenvalue weighted by Gasteiger charge is -2.27. The highest BCUT2D eigenvalue weighted by Gasteiger charge is 2.25. The molecule has 0 rings (SSSR count). The first-order valence-corrected chi connectivity index (χ1v) is 9.15. The van der Waals surface area contributed by atoms with E-state index in [1.165, 1.54) is 0 Å². The van der Waals surface area contributed by atoms with Crippen LogP contribution in [0.2, 0.25) is 0 Å². The lowest BCUT2D eigenvalue weighted by atomic mass is 9.92. The molecule has 0 unspecified atom stereocenters. The molecule has 150 valence electrons. The minimum Gasteiger partial charge on any atom is -0.481 e. The molecule has 0 radical (unpaired) electrons. The van der Waals surface area contributed by atoms with Gasteiger partial charge >= 0.3 is 11.9 Å². The van der Waals surface area contributed by atoms with Crippen molar-refractivity contribution in [2.24, 2.45) is 0 Å². The number of carbonyl (C=O) groups is 2. The number of carboxylic acid groups (broad SMARTS) is 2. The van der Waals surface area contributed by atoms with Crippen LogP contribution >= 0.6 is 0 Å². The van der Waals surface area contributed by atoms with Crippen molar-refractivity contribution in [1.29, 1.82) is 0 Å². The number of rotatable bonds is 15. The summed E-state index contributed by atoms with van der Waals surface area (Å²) in [7, 11) is 0. The second-order valence-electron chi connectivity index (χ2n) is 6.20. The zero-order chi connectivity index (χ0) is 19.6. The molecule has 7 heteroatoms. The summed E-state index contributed by atoms with van der Waals surface area (Å²) in [6.45, 7) is 4.94. The summed E-state index contributed by atoms with van der Waals surface area (Å²) in [4.78, 5) is 19.8. The normalized spacial score (nSPS) is 10.9. The van der Waals surface area contributed by atoms with Crippen molar-refractivity contribution in [3.05, 3.63) is 0 Å². The summed E-state index contributed by atoms with van der Waals surface area (Å²) in [5.74, 6) is -1.74. The van der Waals surface area contributed by atoms with Gasteiger partial charge in [0.2, 0.25) is 0 Å². The number of aliphatic hydroxyl groups is 2. The molecule has 4 N–H and O–H groups in total. The highest BCUT2D eigenvalue weighted by molar-refractivity contribution is 5.67. The lowest BCUT2D eigenvalue weighted by molar-refractivity contribution is -0.139. The van der Waals surface area contributed by atoms with E-state index in [1.807, 2.05) is 0 Å². The SMILES string of the molecule is CCCCC(O)(CCCC)COCCO.O=C(O)CCCCC(=O)O. The molecule has 0 aliphatic rings. The van der Waals surface area contributed by atoms with Crippen LogP contribution in [-0.4, -0.2) is 57.8 Å². The number of hydrogen-bond acceptors (Lipinski definition) is 5. The maximum Gasteiger partial charge on any atom is 0.303 e. The fourth-order valence-electron chi connectivity index (χ4n) is 2.16. The van der Waals surface area contributed by atoms with Crippen LogP contribution in [0.25, 0.3) is 0 Å². The summed E-state index contributed by atoms with van der Waals surface area (Å²) in [5, 5.41) is 35.2. The van der Waals surface area contributed by atoms with Gasteiger partial charge in [0, 0.05) is 12.8 Å². The monoisotopic (exact) mass is 364 g/mol. The summed E-state index contributed by atoms with van der Waals surface area (Å²) < 4.78 is 5.24. The van der Waals surface area contributed by atoms with Gasteiger partial charge in [-0.05, 0) is 25.7 Å². The van der Waals surface area contributed by atoms with Crippen molar-refractivity contribution in [2.75, 3.05) is 19.8 Å². The Bertz CT molecular complexity index is 307. The largest absolute Gasteiger partial charge is 0.481 e. The molecule has 0 spiro atoms. The first-order chi connectivity index (χ1) is 11.8. The van der Waals surface area contributed by atoms with Gasteiger partial charge in [-0.15, -0.1) is 0 Å². The van der Waals surface area contributed by atoms with Gasteiger partial charge < -0.3 is 25.2 Å². The van der Waals surface area contributed by atoms with Gasteiger partial charge in [0.05, 0.1) is 25.4 Å². The van der Waals surface area contributed by atoms with Gasteiger partial charge in [-0.3, -0.25) is 9.59 Å². The Hall–Kier alpha value is -1.18. The molecule has 0 aliphatic heterocycles. The number of aliphatic carboxylic acids is 2. The minimum atomic E-state index is -0.870. The van der Waals surface area contributed by atoms with Crippen LogP contribution in [-0.2, 0) is 14.3 Å². The molecule has 0 heterocycles. The van der Waals surface area contributed by atoms with Crippen molar-refractivity contribution in [2.45, 2.75) is 83.7 Å². The molecule has 0 amide bonds. The third-order valence-electron chi connectivity index (χ3n) is 3.63. The van der Waals surface area contributed by atoms with Gasteiger partial charge in [0.25, 0.3) is 0 Å². The molecular formula is C18H36O7. The third kappa shape index (κ3) is 20.8. The number of unbranched alkanes of at least 4 members (excludes halogenated alkanes) is 3. The van der Waals surface area contributed by atoms with Gasteiger partial charge in [0.1, 0.15) is 0 Å². The average molecular weight is 364 g/mol. The first kappa shape index (κ1) is 26.1. The van der Waals surface area contributed by atoms with Crippen LogP contribution in [0.3, 0.4) is 0 Å². The molecule has 0 bridgehead atoms. The highest BCUT2D eigenvalue weighted by Crippen LogP contribution is 2.21. The molecule has 0 atom stereocenters. The quantitative estimate of drug-likeness (QED) is 0.329. The predicted molar refractivity (Wildman–Crippen MR) is 95.6 cm³/mol. The number of hydrogen-bond donors (Lipinski definition) is 4. The van der Waals surface area contributed by atoms with Crippen molar-refractivity contribution < 1.29 is 34.8 Å². The van der Waals surface area contributed by atoms with Gasteiger partial charge in [0.15, 0.2) is 0 Å². The second kappa shape index (κ2) is 17.6. The minimum absolute atomic E-state index is 0.0254. The summed E-state index contributed by atoms with van der Waals surface area (Å²) in [6, 6.07) is 0. The van der Waals surface area contributed by atoms with E-state index in [2.05, 4.69) is 13.8 Å². The van der Waals surface area contributed by atoms with Crippen LogP contribution in [0.1, 0.15) is 78.1 Å².